The highest BCUT2D eigenvalue weighted by Gasteiger charge is 2.64. The first-order valence-corrected chi connectivity index (χ1v) is 6.42. The zero-order valence-corrected chi connectivity index (χ0v) is 11.5. The van der Waals surface area contributed by atoms with Crippen LogP contribution in [0.2, 0.25) is 0 Å². The van der Waals surface area contributed by atoms with Gasteiger partial charge in [0.2, 0.25) is 5.79 Å². The number of ether oxygens (including phenoxy) is 1. The molecule has 0 aromatic carbocycles. The molecule has 1 saturated heterocycles. The Hall–Kier alpha value is -1.99. The second kappa shape index (κ2) is 5.01. The number of nitrogens with zero attached hydrogens (tertiary/aromatic N) is 4. The molecule has 2 aromatic rings. The maximum atomic E-state index is 14.5. The first-order valence-electron chi connectivity index (χ1n) is 6.42. The SMILES string of the molecule is Nc1nc(F)nn2c([C@]3(O)OC(CO)(CO)[C@@H](O)[C@H]3F)cnc12. The highest BCUT2D eigenvalue weighted by Crippen LogP contribution is 2.44. The van der Waals surface area contributed by atoms with Gasteiger partial charge in [0.05, 0.1) is 19.4 Å². The third-order valence-corrected chi connectivity index (χ3v) is 3.81. The van der Waals surface area contributed by atoms with Crippen molar-refractivity contribution in [2.75, 3.05) is 18.9 Å². The number of imidazole rings is 1. The summed E-state index contributed by atoms with van der Waals surface area (Å²) < 4.78 is 33.5. The highest BCUT2D eigenvalue weighted by molar-refractivity contribution is 5.59. The molecule has 3 rings (SSSR count). The van der Waals surface area contributed by atoms with Crippen molar-refractivity contribution in [3.8, 4) is 0 Å². The molecule has 0 spiro atoms. The largest absolute Gasteiger partial charge is 0.393 e. The molecule has 3 heterocycles. The van der Waals surface area contributed by atoms with Gasteiger partial charge in [0, 0.05) is 0 Å². The maximum absolute atomic E-state index is 14.5. The van der Waals surface area contributed by atoms with Crippen molar-refractivity contribution in [1.82, 2.24) is 19.6 Å². The van der Waals surface area contributed by atoms with Crippen LogP contribution < -0.4 is 5.73 Å². The number of hydrogen-bond acceptors (Lipinski definition) is 9. The molecular weight excluding hydrogens is 320 g/mol. The molecule has 1 fully saturated rings. The van der Waals surface area contributed by atoms with Gasteiger partial charge < -0.3 is 30.9 Å². The Kier molecular flexibility index (Phi) is 3.46. The van der Waals surface area contributed by atoms with Gasteiger partial charge in [-0.15, -0.1) is 5.10 Å². The minimum Gasteiger partial charge on any atom is -0.393 e. The molecule has 1 aliphatic heterocycles. The Labute approximate surface area is 126 Å². The molecule has 10 nitrogen and oxygen atoms in total. The second-order valence-electron chi connectivity index (χ2n) is 5.17. The zero-order chi connectivity index (χ0) is 17.0. The number of aliphatic hydroxyl groups excluding tert-OH is 3. The minimum absolute atomic E-state index is 0.175. The van der Waals surface area contributed by atoms with Gasteiger partial charge in [-0.1, -0.05) is 0 Å². The third kappa shape index (κ3) is 2.00. The van der Waals surface area contributed by atoms with E-state index in [0.29, 0.717) is 4.52 Å². The number of aliphatic hydroxyl groups is 4. The summed E-state index contributed by atoms with van der Waals surface area (Å²) in [6, 6.07) is 0. The van der Waals surface area contributed by atoms with Gasteiger partial charge in [0.1, 0.15) is 17.4 Å². The lowest BCUT2D eigenvalue weighted by Crippen LogP contribution is -2.48. The molecule has 3 atom stereocenters. The molecule has 12 heteroatoms. The van der Waals surface area contributed by atoms with Crippen molar-refractivity contribution in [2.24, 2.45) is 0 Å². The van der Waals surface area contributed by atoms with Gasteiger partial charge in [-0.2, -0.15) is 9.37 Å². The number of anilines is 1. The summed E-state index contributed by atoms with van der Waals surface area (Å²) in [5, 5.41) is 42.3. The van der Waals surface area contributed by atoms with Crippen LogP contribution in [0.5, 0.6) is 0 Å². The van der Waals surface area contributed by atoms with Gasteiger partial charge in [0.25, 0.3) is 0 Å². The number of rotatable bonds is 3. The van der Waals surface area contributed by atoms with Crippen molar-refractivity contribution in [3.63, 3.8) is 0 Å². The molecule has 0 radical (unpaired) electrons. The average molecular weight is 333 g/mol. The fourth-order valence-electron chi connectivity index (χ4n) is 2.52. The van der Waals surface area contributed by atoms with Gasteiger partial charge >= 0.3 is 6.08 Å². The molecule has 0 aliphatic carbocycles. The summed E-state index contributed by atoms with van der Waals surface area (Å²) in [6.45, 7) is -1.95. The summed E-state index contributed by atoms with van der Waals surface area (Å²) in [6.07, 6.45) is -4.90. The number of fused-ring (bicyclic) bond motifs is 1. The zero-order valence-electron chi connectivity index (χ0n) is 11.5. The van der Waals surface area contributed by atoms with Crippen LogP contribution in [0.3, 0.4) is 0 Å². The number of nitrogens with two attached hydrogens (primary N) is 1. The fraction of sp³-hybridized carbons (Fsp3) is 0.545. The number of halogens is 2. The third-order valence-electron chi connectivity index (χ3n) is 3.81. The van der Waals surface area contributed by atoms with Crippen molar-refractivity contribution < 1.29 is 33.9 Å². The van der Waals surface area contributed by atoms with Crippen LogP contribution in [0.4, 0.5) is 14.6 Å². The van der Waals surface area contributed by atoms with Crippen LogP contribution >= 0.6 is 0 Å². The van der Waals surface area contributed by atoms with E-state index in [-0.39, 0.29) is 11.5 Å². The molecule has 6 N–H and O–H groups in total. The number of nitrogen functional groups attached to an aromatic ring is 1. The summed E-state index contributed by atoms with van der Waals surface area (Å²) in [7, 11) is 0. The van der Waals surface area contributed by atoms with E-state index >= 15 is 0 Å². The summed E-state index contributed by atoms with van der Waals surface area (Å²) in [5.74, 6) is -3.21. The Balaban J connectivity index is 2.18. The normalized spacial score (nSPS) is 30.2. The Morgan fingerprint density at radius 1 is 1.39 bits per heavy atom. The monoisotopic (exact) mass is 333 g/mol. The van der Waals surface area contributed by atoms with Crippen molar-refractivity contribution >= 4 is 11.5 Å². The van der Waals surface area contributed by atoms with E-state index in [1.165, 1.54) is 0 Å². The molecular formula is C11H13F2N5O5. The Bertz CT molecular complexity index is 754. The van der Waals surface area contributed by atoms with Gasteiger partial charge in [-0.25, -0.2) is 13.9 Å². The Morgan fingerprint density at radius 3 is 2.61 bits per heavy atom. The van der Waals surface area contributed by atoms with Crippen LogP contribution in [-0.4, -0.2) is 71.1 Å². The minimum atomic E-state index is -2.85. The van der Waals surface area contributed by atoms with Gasteiger partial charge in [-0.05, 0) is 0 Å². The lowest BCUT2D eigenvalue weighted by Gasteiger charge is -2.28. The molecule has 0 bridgehead atoms. The predicted molar refractivity (Wildman–Crippen MR) is 67.9 cm³/mol. The summed E-state index contributed by atoms with van der Waals surface area (Å²) in [5.41, 5.74) is 2.64. The van der Waals surface area contributed by atoms with Crippen molar-refractivity contribution in [3.05, 3.63) is 18.0 Å². The maximum Gasteiger partial charge on any atom is 0.328 e. The Morgan fingerprint density at radius 2 is 2.04 bits per heavy atom. The number of aromatic nitrogens is 4. The summed E-state index contributed by atoms with van der Waals surface area (Å²) >= 11 is 0. The van der Waals surface area contributed by atoms with Crippen LogP contribution in [0.1, 0.15) is 5.69 Å². The van der Waals surface area contributed by atoms with Gasteiger partial charge in [-0.3, -0.25) is 0 Å². The van der Waals surface area contributed by atoms with Crippen molar-refractivity contribution in [1.29, 1.82) is 0 Å². The van der Waals surface area contributed by atoms with E-state index in [1.54, 1.807) is 0 Å². The lowest BCUT2D eigenvalue weighted by molar-refractivity contribution is -0.265. The molecule has 1 aliphatic rings. The van der Waals surface area contributed by atoms with E-state index in [2.05, 4.69) is 15.1 Å². The highest BCUT2D eigenvalue weighted by atomic mass is 19.1. The molecule has 23 heavy (non-hydrogen) atoms. The number of alkyl halides is 1. The topological polar surface area (TPSA) is 159 Å². The van der Waals surface area contributed by atoms with E-state index < -0.39 is 48.6 Å². The average Bonchev–Trinajstić information content (AvgIpc) is 3.02. The van der Waals surface area contributed by atoms with E-state index in [4.69, 9.17) is 10.5 Å². The second-order valence-corrected chi connectivity index (χ2v) is 5.17. The number of hydrogen-bond donors (Lipinski definition) is 5. The molecule has 126 valence electrons. The molecule has 0 unspecified atom stereocenters. The van der Waals surface area contributed by atoms with Crippen molar-refractivity contribution in [2.45, 2.75) is 23.7 Å². The van der Waals surface area contributed by atoms with E-state index in [9.17, 15) is 29.2 Å². The van der Waals surface area contributed by atoms with E-state index in [1.807, 2.05) is 0 Å². The molecule has 2 aromatic heterocycles. The first-order chi connectivity index (χ1) is 10.8. The quantitative estimate of drug-likeness (QED) is 0.407. The molecule has 0 amide bonds. The fourth-order valence-corrected chi connectivity index (χ4v) is 2.52. The van der Waals surface area contributed by atoms with Gasteiger partial charge in [0.15, 0.2) is 17.6 Å². The first kappa shape index (κ1) is 15.9. The van der Waals surface area contributed by atoms with Crippen LogP contribution in [0.15, 0.2) is 6.20 Å². The smallest absolute Gasteiger partial charge is 0.328 e. The predicted octanol–water partition coefficient (Wildman–Crippen LogP) is -2.56. The molecule has 0 saturated carbocycles. The standard InChI is InChI=1S/C11H13F2N5O5/c12-5-6(21)10(2-19,3-20)23-11(5,22)4-1-15-8-7(14)16-9(13)17-18(4)8/h1,5-6,19-22H,2-3H2,(H2,14,16,17)/t5-,6+,11+/m1/s1. The van der Waals surface area contributed by atoms with Crippen LogP contribution in [0, 0.1) is 6.08 Å². The van der Waals surface area contributed by atoms with E-state index in [0.717, 1.165) is 6.20 Å². The summed E-state index contributed by atoms with van der Waals surface area (Å²) in [4.78, 5) is 6.97. The van der Waals surface area contributed by atoms with Crippen LogP contribution in [-0.2, 0) is 10.5 Å². The lowest BCUT2D eigenvalue weighted by atomic mass is 9.95. The van der Waals surface area contributed by atoms with Crippen LogP contribution in [0.25, 0.3) is 5.65 Å².